The number of benzene rings is 2. The first kappa shape index (κ1) is 83.5. The SMILES string of the molecule is CCCCNC(=O)/N=C/C(CSCc1cc(CSCCNC(=O)CN2CCN(CC(=O)O)CCN(CC(=O)O)CCN(CC(=O)O)CC2)cc(CSCCC(=O)O)c1)C(=O)N(C)CC(=O)N1CCC[C@H]1C(=O)N[C@@H](CC)C(=O)N[C@@H](CCC(N)=O)C(=O)N[C@@H](Cc1ccccc1)C(N)=O. The topological polar surface area (TPSA) is 447 Å². The highest BCUT2D eigenvalue weighted by molar-refractivity contribution is 7.99. The normalized spacial score (nSPS) is 16.4. The molecule has 0 radical (unpaired) electrons. The average Bonchev–Trinajstić information content (AvgIpc) is 1.79. The van der Waals surface area contributed by atoms with Crippen LogP contribution in [0.15, 0.2) is 53.5 Å². The van der Waals surface area contributed by atoms with Gasteiger partial charge in [-0.25, -0.2) is 9.79 Å². The highest BCUT2D eigenvalue weighted by Gasteiger charge is 2.38. The zero-order chi connectivity index (χ0) is 72.8. The van der Waals surface area contributed by atoms with Crippen molar-refractivity contribution in [3.05, 3.63) is 70.8 Å². The number of nitrogens with zero attached hydrogens (tertiary/aromatic N) is 7. The zero-order valence-corrected chi connectivity index (χ0v) is 59.1. The molecule has 34 heteroatoms. The van der Waals surface area contributed by atoms with Crippen LogP contribution in [0.3, 0.4) is 0 Å². The van der Waals surface area contributed by atoms with Crippen LogP contribution in [-0.2, 0) is 81.2 Å². The molecule has 31 nitrogen and oxygen atoms in total. The van der Waals surface area contributed by atoms with Gasteiger partial charge in [-0.05, 0) is 54.4 Å². The van der Waals surface area contributed by atoms with Crippen molar-refractivity contribution in [3.63, 3.8) is 0 Å². The van der Waals surface area contributed by atoms with E-state index in [1.807, 2.05) is 30.0 Å². The van der Waals surface area contributed by atoms with Crippen molar-refractivity contribution in [2.24, 2.45) is 22.4 Å². The summed E-state index contributed by atoms with van der Waals surface area (Å²) in [5, 5.41) is 51.5. The molecular formula is C65H98N14O17S3. The molecule has 0 spiro atoms. The van der Waals surface area contributed by atoms with E-state index in [0.29, 0.717) is 60.3 Å². The minimum atomic E-state index is -1.36. The Bertz CT molecular complexity index is 3030. The third-order valence-corrected chi connectivity index (χ3v) is 19.2. The smallest absolute Gasteiger partial charge is 0.340 e. The lowest BCUT2D eigenvalue weighted by atomic mass is 10.0. The lowest BCUT2D eigenvalue weighted by molar-refractivity contribution is -0.143. The minimum absolute atomic E-state index is 0.0261. The summed E-state index contributed by atoms with van der Waals surface area (Å²) in [7, 11) is 1.43. The number of likely N-dealkylation sites (N-methyl/N-ethyl adjacent to an activating group) is 1. The molecule has 2 aliphatic heterocycles. The summed E-state index contributed by atoms with van der Waals surface area (Å²) in [5.41, 5.74) is 14.5. The van der Waals surface area contributed by atoms with Crippen LogP contribution in [0.2, 0.25) is 0 Å². The van der Waals surface area contributed by atoms with Crippen LogP contribution in [0.4, 0.5) is 4.79 Å². The Morgan fingerprint density at radius 2 is 1.14 bits per heavy atom. The number of carbonyl (C=O) groups is 13. The van der Waals surface area contributed by atoms with Crippen molar-refractivity contribution in [1.29, 1.82) is 0 Å². The lowest BCUT2D eigenvalue weighted by Crippen LogP contribution is -2.58. The van der Waals surface area contributed by atoms with Gasteiger partial charge in [-0.15, -0.1) is 0 Å². The van der Waals surface area contributed by atoms with Crippen LogP contribution in [0, 0.1) is 5.92 Å². The number of hydrogen-bond acceptors (Lipinski definition) is 20. The van der Waals surface area contributed by atoms with Crippen LogP contribution >= 0.6 is 35.3 Å². The van der Waals surface area contributed by atoms with E-state index in [4.69, 9.17) is 11.5 Å². The average molecular weight is 1440 g/mol. The molecule has 0 aromatic heterocycles. The van der Waals surface area contributed by atoms with E-state index in [-0.39, 0.29) is 135 Å². The van der Waals surface area contributed by atoms with E-state index in [1.54, 1.807) is 63.7 Å². The van der Waals surface area contributed by atoms with Crippen molar-refractivity contribution >= 4 is 119 Å². The van der Waals surface area contributed by atoms with Crippen molar-refractivity contribution in [1.82, 2.24) is 56.0 Å². The second kappa shape index (κ2) is 45.7. The molecule has 5 atom stereocenters. The van der Waals surface area contributed by atoms with Crippen LogP contribution in [-0.4, -0.2) is 286 Å². The van der Waals surface area contributed by atoms with E-state index < -0.39 is 108 Å². The molecule has 2 aromatic rings. The third kappa shape index (κ3) is 33.7. The molecule has 2 fully saturated rings. The molecule has 1 unspecified atom stereocenters. The standard InChI is InChI=1S/C65H98N14O17S3/c1-4-6-17-69-65(96)70-34-48(64(95)74(3)36-55(82)79-19-10-13-52(79)63(94)71-49(5-2)61(92)72-50(14-15-53(66)80)62(93)73-51(60(67)91)33-44-11-8-7-9-12-44)43-99-42-47-31-45(40-97-28-16-56(83)84)30-46(32-47)41-98-29-18-68-54(81)35-75-20-22-76(37-57(85)86)24-26-78(39-59(89)90)27-25-77(23-21-75)38-58(87)88/h7-9,11-12,30-32,34,48-52H,4-6,10,13-29,33,35-43H2,1-3H3,(H2,66,80)(H2,67,91)(H,68,81)(H,69,96)(H,71,94)(H,72,92)(H,73,93)(H,83,84)(H,85,86)(H,87,88)(H,89,90)/b70-34+/t48?,49-,50-,51-,52-/m0/s1. The maximum atomic E-state index is 14.4. The Labute approximate surface area is 589 Å². The van der Waals surface area contributed by atoms with E-state index in [9.17, 15) is 82.8 Å². The van der Waals surface area contributed by atoms with E-state index >= 15 is 0 Å². The maximum absolute atomic E-state index is 14.4. The van der Waals surface area contributed by atoms with Crippen LogP contribution in [0.25, 0.3) is 0 Å². The second-order valence-corrected chi connectivity index (χ2v) is 27.4. The Balaban J connectivity index is 1.41. The Morgan fingerprint density at radius 3 is 1.66 bits per heavy atom. The molecule has 2 aliphatic rings. The molecule has 0 aliphatic carbocycles. The van der Waals surface area contributed by atoms with Gasteiger partial charge in [0.25, 0.3) is 0 Å². The highest BCUT2D eigenvalue weighted by atomic mass is 32.2. The van der Waals surface area contributed by atoms with E-state index in [1.165, 1.54) is 46.6 Å². The van der Waals surface area contributed by atoms with E-state index in [2.05, 4.69) is 31.6 Å². The van der Waals surface area contributed by atoms with Gasteiger partial charge in [-0.1, -0.05) is 68.8 Å². The number of nitrogens with one attached hydrogen (secondary N) is 5. The number of primary amides is 2. The number of rotatable bonds is 42. The summed E-state index contributed by atoms with van der Waals surface area (Å²) >= 11 is 4.40. The Kier molecular flexibility index (Phi) is 38.6. The maximum Gasteiger partial charge on any atom is 0.340 e. The monoisotopic (exact) mass is 1440 g/mol. The molecule has 10 amide bonds. The van der Waals surface area contributed by atoms with Gasteiger partial charge in [0.1, 0.15) is 24.2 Å². The molecule has 548 valence electrons. The third-order valence-electron chi connectivity index (χ3n) is 16.0. The number of urea groups is 1. The van der Waals surface area contributed by atoms with Gasteiger partial charge in [-0.3, -0.25) is 77.1 Å². The largest absolute Gasteiger partial charge is 0.481 e. The molecule has 0 saturated carbocycles. The van der Waals surface area contributed by atoms with E-state index in [0.717, 1.165) is 23.1 Å². The number of carbonyl (C=O) groups excluding carboxylic acids is 9. The first-order chi connectivity index (χ1) is 47.2. The fourth-order valence-corrected chi connectivity index (χ4v) is 13.4. The number of unbranched alkanes of at least 4 members (excludes halogenated alkanes) is 1. The minimum Gasteiger partial charge on any atom is -0.481 e. The summed E-state index contributed by atoms with van der Waals surface area (Å²) in [4.78, 5) is 180. The second-order valence-electron chi connectivity index (χ2n) is 24.2. The molecule has 13 N–H and O–H groups in total. The fourth-order valence-electron chi connectivity index (χ4n) is 10.8. The van der Waals surface area contributed by atoms with Gasteiger partial charge in [0.15, 0.2) is 0 Å². The number of aliphatic imine (C=N–C) groups is 1. The summed E-state index contributed by atoms with van der Waals surface area (Å²) in [6.45, 7) is 5.08. The summed E-state index contributed by atoms with van der Waals surface area (Å²) < 4.78 is 0. The van der Waals surface area contributed by atoms with Crippen molar-refractivity contribution < 1.29 is 82.8 Å². The molecule has 2 saturated heterocycles. The van der Waals surface area contributed by atoms with Crippen LogP contribution < -0.4 is 38.1 Å². The van der Waals surface area contributed by atoms with Gasteiger partial charge in [0.05, 0.1) is 45.1 Å². The van der Waals surface area contributed by atoms with Crippen molar-refractivity contribution in [3.8, 4) is 0 Å². The van der Waals surface area contributed by atoms with Gasteiger partial charge in [0.2, 0.25) is 47.3 Å². The fraction of sp³-hybridized carbons (Fsp3) is 0.600. The van der Waals surface area contributed by atoms with Crippen molar-refractivity contribution in [2.45, 2.75) is 113 Å². The molecule has 99 heavy (non-hydrogen) atoms. The molecule has 0 bridgehead atoms. The summed E-state index contributed by atoms with van der Waals surface area (Å²) in [6.07, 6.45) is 2.95. The summed E-state index contributed by atoms with van der Waals surface area (Å²) in [6, 6.07) is 9.37. The number of nitrogens with two attached hydrogens (primary N) is 2. The first-order valence-corrected chi connectivity index (χ1v) is 36.5. The molecule has 2 heterocycles. The number of hydrogen-bond donors (Lipinski definition) is 11. The lowest BCUT2D eigenvalue weighted by Gasteiger charge is -2.32. The number of carboxylic acid groups (broad SMARTS) is 4. The Morgan fingerprint density at radius 1 is 0.616 bits per heavy atom. The van der Waals surface area contributed by atoms with Gasteiger partial charge in [-0.2, -0.15) is 35.3 Å². The van der Waals surface area contributed by atoms with Gasteiger partial charge in [0, 0.05) is 133 Å². The number of aliphatic carboxylic acids is 4. The van der Waals surface area contributed by atoms with Crippen LogP contribution in [0.1, 0.15) is 87.5 Å². The molecule has 2 aromatic carbocycles. The highest BCUT2D eigenvalue weighted by Crippen LogP contribution is 2.25. The molecular weight excluding hydrogens is 1340 g/mol. The zero-order valence-electron chi connectivity index (χ0n) is 56.6. The molecule has 4 rings (SSSR count). The van der Waals surface area contributed by atoms with Crippen molar-refractivity contribution in [2.75, 3.05) is 129 Å². The summed E-state index contributed by atoms with van der Waals surface area (Å²) in [5.74, 6) is -7.91. The quantitative estimate of drug-likeness (QED) is 0.0307. The first-order valence-electron chi connectivity index (χ1n) is 33.0. The number of likely N-dealkylation sites (tertiary alicyclic amines) is 1. The van der Waals surface area contributed by atoms with Gasteiger partial charge < -0.3 is 68.3 Å². The number of carboxylic acids is 4. The number of amides is 10. The Hall–Kier alpha value is -7.89. The van der Waals surface area contributed by atoms with Gasteiger partial charge >= 0.3 is 29.9 Å². The predicted molar refractivity (Wildman–Crippen MR) is 375 cm³/mol. The van der Waals surface area contributed by atoms with Crippen LogP contribution in [0.5, 0.6) is 0 Å². The number of thioether (sulfide) groups is 3. The predicted octanol–water partition coefficient (Wildman–Crippen LogP) is -0.0435.